The fourth-order valence-corrected chi connectivity index (χ4v) is 10.9. The quantitative estimate of drug-likeness (QED) is 0.0320. The van der Waals surface area contributed by atoms with Crippen LogP contribution in [0.1, 0.15) is 380 Å². The highest BCUT2D eigenvalue weighted by Gasteiger charge is 2.18. The van der Waals surface area contributed by atoms with Crippen LogP contribution in [0.15, 0.2) is 48.6 Å². The molecule has 0 bridgehead atoms. The van der Waals surface area contributed by atoms with Gasteiger partial charge in [0.05, 0.1) is 25.4 Å². The maximum absolute atomic E-state index is 12.4. The zero-order valence-electron chi connectivity index (χ0n) is 53.1. The van der Waals surface area contributed by atoms with E-state index >= 15 is 0 Å². The van der Waals surface area contributed by atoms with Crippen LogP contribution >= 0.6 is 0 Å². The maximum Gasteiger partial charge on any atom is 0.305 e. The standard InChI is InChI=1S/C73H137NO5/c1-3-5-7-9-11-13-15-16-40-44-47-51-55-59-63-67-73(78)79-68-64-60-56-52-48-45-42-39-37-35-33-31-29-27-25-23-21-19-17-18-20-22-24-26-28-30-32-34-36-38-41-43-46-50-54-58-62-66-72(77)74-70(69-75)71(76)65-61-57-53-49-14-12-10-8-6-4-2/h11,13,16-17,19,40,61,65,70-71,75-76H,3-10,12,14-15,18,20-39,41-60,62-64,66-69H2,1-2H3,(H,74,77)/b13-11-,19-17-,40-16-,65-61+. The third-order valence-electron chi connectivity index (χ3n) is 16.3. The van der Waals surface area contributed by atoms with E-state index in [1.807, 2.05) is 6.08 Å². The fourth-order valence-electron chi connectivity index (χ4n) is 10.9. The molecule has 0 aliphatic heterocycles. The normalized spacial score (nSPS) is 12.8. The van der Waals surface area contributed by atoms with Gasteiger partial charge < -0.3 is 20.3 Å². The zero-order valence-corrected chi connectivity index (χ0v) is 53.1. The number of aliphatic hydroxyl groups excluding tert-OH is 2. The lowest BCUT2D eigenvalue weighted by Crippen LogP contribution is -2.45. The molecule has 0 aromatic rings. The predicted molar refractivity (Wildman–Crippen MR) is 347 cm³/mol. The number of allylic oxidation sites excluding steroid dienone is 7. The minimum Gasteiger partial charge on any atom is -0.466 e. The summed E-state index contributed by atoms with van der Waals surface area (Å²) in [5.74, 6) is -0.0579. The van der Waals surface area contributed by atoms with E-state index in [0.29, 0.717) is 19.4 Å². The monoisotopic (exact) mass is 1110 g/mol. The molecule has 0 heterocycles. The minimum absolute atomic E-state index is 0.00711. The van der Waals surface area contributed by atoms with Gasteiger partial charge in [-0.25, -0.2) is 0 Å². The van der Waals surface area contributed by atoms with Crippen LogP contribution in [0.4, 0.5) is 0 Å². The maximum atomic E-state index is 12.4. The summed E-state index contributed by atoms with van der Waals surface area (Å²) in [4.78, 5) is 24.5. The van der Waals surface area contributed by atoms with E-state index in [2.05, 4.69) is 55.6 Å². The molecule has 0 spiro atoms. The summed E-state index contributed by atoms with van der Waals surface area (Å²) in [6.45, 7) is 4.87. The molecule has 0 aliphatic carbocycles. The van der Waals surface area contributed by atoms with E-state index in [1.165, 1.54) is 302 Å². The highest BCUT2D eigenvalue weighted by molar-refractivity contribution is 5.76. The van der Waals surface area contributed by atoms with Crippen molar-refractivity contribution in [3.05, 3.63) is 48.6 Å². The van der Waals surface area contributed by atoms with Crippen molar-refractivity contribution in [1.29, 1.82) is 0 Å². The molecule has 0 aromatic carbocycles. The third kappa shape index (κ3) is 64.8. The molecule has 79 heavy (non-hydrogen) atoms. The first-order chi connectivity index (χ1) is 39.0. The van der Waals surface area contributed by atoms with E-state index < -0.39 is 12.1 Å². The summed E-state index contributed by atoms with van der Waals surface area (Å²) in [6, 6.07) is -0.623. The van der Waals surface area contributed by atoms with E-state index in [0.717, 1.165) is 51.4 Å². The smallest absolute Gasteiger partial charge is 0.305 e. The summed E-state index contributed by atoms with van der Waals surface area (Å²) < 4.78 is 5.49. The zero-order chi connectivity index (χ0) is 57.1. The molecule has 2 unspecified atom stereocenters. The molecule has 0 fully saturated rings. The number of ether oxygens (including phenoxy) is 1. The van der Waals surface area contributed by atoms with E-state index in [4.69, 9.17) is 4.74 Å². The minimum atomic E-state index is -0.840. The van der Waals surface area contributed by atoms with Gasteiger partial charge in [0.2, 0.25) is 5.91 Å². The lowest BCUT2D eigenvalue weighted by molar-refractivity contribution is -0.143. The van der Waals surface area contributed by atoms with E-state index in [-0.39, 0.29) is 18.5 Å². The van der Waals surface area contributed by atoms with Crippen molar-refractivity contribution in [3.63, 3.8) is 0 Å². The Morgan fingerprint density at radius 2 is 0.633 bits per heavy atom. The molecular weight excluding hydrogens is 971 g/mol. The topological polar surface area (TPSA) is 95.9 Å². The van der Waals surface area contributed by atoms with Crippen LogP contribution in [0.25, 0.3) is 0 Å². The van der Waals surface area contributed by atoms with Gasteiger partial charge in [-0.3, -0.25) is 9.59 Å². The van der Waals surface area contributed by atoms with Crippen LogP contribution in [0.2, 0.25) is 0 Å². The second-order valence-electron chi connectivity index (χ2n) is 24.2. The average molecular weight is 1110 g/mol. The van der Waals surface area contributed by atoms with Crippen molar-refractivity contribution in [2.24, 2.45) is 0 Å². The Balaban J connectivity index is 3.32. The molecule has 6 heteroatoms. The van der Waals surface area contributed by atoms with Gasteiger partial charge in [0, 0.05) is 12.8 Å². The lowest BCUT2D eigenvalue weighted by Gasteiger charge is -2.20. The molecule has 2 atom stereocenters. The van der Waals surface area contributed by atoms with Crippen molar-refractivity contribution in [2.45, 2.75) is 392 Å². The van der Waals surface area contributed by atoms with Gasteiger partial charge in [-0.1, -0.05) is 326 Å². The molecule has 0 saturated carbocycles. The summed E-state index contributed by atoms with van der Waals surface area (Å²) in [5, 5.41) is 23.0. The molecule has 6 nitrogen and oxygen atoms in total. The Hall–Kier alpha value is -2.18. The lowest BCUT2D eigenvalue weighted by atomic mass is 10.0. The summed E-state index contributed by atoms with van der Waals surface area (Å²) in [6.07, 6.45) is 89.3. The first kappa shape index (κ1) is 76.8. The highest BCUT2D eigenvalue weighted by Crippen LogP contribution is 2.18. The van der Waals surface area contributed by atoms with Crippen LogP contribution in [0, 0.1) is 0 Å². The summed E-state index contributed by atoms with van der Waals surface area (Å²) in [7, 11) is 0. The molecule has 1 amide bonds. The Morgan fingerprint density at radius 1 is 0.354 bits per heavy atom. The van der Waals surface area contributed by atoms with Crippen LogP contribution in [-0.4, -0.2) is 47.4 Å². The van der Waals surface area contributed by atoms with Crippen LogP contribution in [0.5, 0.6) is 0 Å². The van der Waals surface area contributed by atoms with Crippen LogP contribution in [0.3, 0.4) is 0 Å². The number of carbonyl (C=O) groups is 2. The number of rotatable bonds is 66. The fraction of sp³-hybridized carbons (Fsp3) is 0.863. The molecule has 0 aliphatic rings. The van der Waals surface area contributed by atoms with E-state index in [1.54, 1.807) is 6.08 Å². The van der Waals surface area contributed by atoms with E-state index in [9.17, 15) is 19.8 Å². The van der Waals surface area contributed by atoms with Crippen molar-refractivity contribution >= 4 is 11.9 Å². The van der Waals surface area contributed by atoms with Crippen molar-refractivity contribution in [3.8, 4) is 0 Å². The summed E-state index contributed by atoms with van der Waals surface area (Å²) in [5.41, 5.74) is 0. The van der Waals surface area contributed by atoms with Gasteiger partial charge in [0.15, 0.2) is 0 Å². The highest BCUT2D eigenvalue weighted by atomic mass is 16.5. The molecule has 0 aromatic heterocycles. The van der Waals surface area contributed by atoms with Crippen LogP contribution < -0.4 is 5.32 Å². The van der Waals surface area contributed by atoms with Crippen LogP contribution in [-0.2, 0) is 14.3 Å². The SMILES string of the molecule is CCCCC/C=C\C/C=C\CCCCCCCC(=O)OCCCCCCCCCCCCCCCCCC/C=C\CCCCCCCCCCCCCCCCCCCC(=O)NC(CO)C(O)/C=C/CCCCCCCCCC. The van der Waals surface area contributed by atoms with Gasteiger partial charge in [0.25, 0.3) is 0 Å². The van der Waals surface area contributed by atoms with Gasteiger partial charge in [0.1, 0.15) is 0 Å². The Bertz CT molecular complexity index is 1320. The Kier molecular flexibility index (Phi) is 66.4. The number of esters is 1. The van der Waals surface area contributed by atoms with Crippen molar-refractivity contribution < 1.29 is 24.5 Å². The number of nitrogens with one attached hydrogen (secondary N) is 1. The molecule has 464 valence electrons. The molecule has 0 saturated heterocycles. The van der Waals surface area contributed by atoms with Gasteiger partial charge in [-0.2, -0.15) is 0 Å². The Labute approximate surface area is 493 Å². The number of unbranched alkanes of at least 4 members (excludes halogenated alkanes) is 49. The predicted octanol–water partition coefficient (Wildman–Crippen LogP) is 22.9. The summed E-state index contributed by atoms with van der Waals surface area (Å²) >= 11 is 0. The largest absolute Gasteiger partial charge is 0.466 e. The first-order valence-electron chi connectivity index (χ1n) is 35.4. The first-order valence-corrected chi connectivity index (χ1v) is 35.4. The van der Waals surface area contributed by atoms with Gasteiger partial charge in [-0.15, -0.1) is 0 Å². The molecule has 0 radical (unpaired) electrons. The average Bonchev–Trinajstić information content (AvgIpc) is 3.45. The molecule has 0 rings (SSSR count). The second kappa shape index (κ2) is 68.3. The van der Waals surface area contributed by atoms with Gasteiger partial charge >= 0.3 is 5.97 Å². The second-order valence-corrected chi connectivity index (χ2v) is 24.2. The number of hydrogen-bond acceptors (Lipinski definition) is 5. The number of amides is 1. The van der Waals surface area contributed by atoms with Crippen molar-refractivity contribution in [1.82, 2.24) is 5.32 Å². The molecule has 3 N–H and O–H groups in total. The number of carbonyl (C=O) groups excluding carboxylic acids is 2. The van der Waals surface area contributed by atoms with Crippen molar-refractivity contribution in [2.75, 3.05) is 13.2 Å². The number of aliphatic hydroxyl groups is 2. The Morgan fingerprint density at radius 3 is 1.00 bits per heavy atom. The molecular formula is C73H137NO5. The third-order valence-corrected chi connectivity index (χ3v) is 16.3. The van der Waals surface area contributed by atoms with Gasteiger partial charge in [-0.05, 0) is 89.9 Å². The number of hydrogen-bond donors (Lipinski definition) is 3.